The lowest BCUT2D eigenvalue weighted by molar-refractivity contribution is -0.131. The second-order valence-electron chi connectivity index (χ2n) is 7.35. The first kappa shape index (κ1) is 25.1. The largest absolute Gasteiger partial charge is 0.507 e. The highest BCUT2D eigenvalue weighted by Crippen LogP contribution is 2.20. The first-order valence-electron chi connectivity index (χ1n) is 10.4. The summed E-state index contributed by atoms with van der Waals surface area (Å²) in [6.07, 6.45) is 12.9. The predicted molar refractivity (Wildman–Crippen MR) is 117 cm³/mol. The van der Waals surface area contributed by atoms with Crippen molar-refractivity contribution in [2.45, 2.75) is 72.1 Å². The summed E-state index contributed by atoms with van der Waals surface area (Å²) in [6, 6.07) is 1.28. The molecule has 0 spiro atoms. The van der Waals surface area contributed by atoms with E-state index in [9.17, 15) is 19.5 Å². The van der Waals surface area contributed by atoms with Crippen LogP contribution in [-0.4, -0.2) is 22.0 Å². The fourth-order valence-corrected chi connectivity index (χ4v) is 2.92. The van der Waals surface area contributed by atoms with Crippen molar-refractivity contribution in [3.63, 3.8) is 0 Å². The number of ketones is 1. The Bertz CT molecular complexity index is 870. The number of hydrogen-bond donors (Lipinski definition) is 2. The molecule has 0 aliphatic heterocycles. The van der Waals surface area contributed by atoms with Crippen molar-refractivity contribution < 1.29 is 24.2 Å². The van der Waals surface area contributed by atoms with Crippen molar-refractivity contribution >= 4 is 11.8 Å². The minimum absolute atomic E-state index is 0.255. The average Bonchev–Trinajstić information content (AvgIpc) is 2.67. The quantitative estimate of drug-likeness (QED) is 0.194. The van der Waals surface area contributed by atoms with Gasteiger partial charge < -0.3 is 14.6 Å². The van der Waals surface area contributed by atoms with E-state index in [1.807, 2.05) is 0 Å². The summed E-state index contributed by atoms with van der Waals surface area (Å²) in [4.78, 5) is 35.2. The maximum absolute atomic E-state index is 12.6. The molecule has 0 saturated carbocycles. The molecule has 30 heavy (non-hydrogen) atoms. The van der Waals surface area contributed by atoms with Crippen LogP contribution in [0.3, 0.4) is 0 Å². The lowest BCUT2D eigenvalue weighted by Crippen LogP contribution is -2.16. The van der Waals surface area contributed by atoms with Crippen LogP contribution in [0.5, 0.6) is 5.75 Å². The van der Waals surface area contributed by atoms with Gasteiger partial charge in [0.15, 0.2) is 5.78 Å². The van der Waals surface area contributed by atoms with E-state index in [1.54, 1.807) is 13.0 Å². The second kappa shape index (κ2) is 13.4. The van der Waals surface area contributed by atoms with Gasteiger partial charge in [-0.1, -0.05) is 43.6 Å². The summed E-state index contributed by atoms with van der Waals surface area (Å²) < 4.78 is 5.17. The van der Waals surface area contributed by atoms with Crippen LogP contribution >= 0.6 is 0 Å². The van der Waals surface area contributed by atoms with Crippen molar-refractivity contribution in [1.29, 1.82) is 0 Å². The SMILES string of the molecule is CCCCC/C(C)=C\C/C=C(\C)C(=O)c1c(O)cc(CCC/C=C/C(=O)O)oc1=O. The topological polar surface area (TPSA) is 105 Å². The van der Waals surface area contributed by atoms with Crippen LogP contribution < -0.4 is 5.63 Å². The molecule has 0 aliphatic rings. The molecule has 0 bridgehead atoms. The van der Waals surface area contributed by atoms with Crippen molar-refractivity contribution in [1.82, 2.24) is 0 Å². The molecule has 0 amide bonds. The van der Waals surface area contributed by atoms with Crippen molar-refractivity contribution in [2.75, 3.05) is 0 Å². The summed E-state index contributed by atoms with van der Waals surface area (Å²) in [6.45, 7) is 5.84. The molecule has 0 unspecified atom stereocenters. The molecule has 0 atom stereocenters. The number of aromatic hydroxyl groups is 1. The van der Waals surface area contributed by atoms with Gasteiger partial charge in [0.05, 0.1) is 0 Å². The lowest BCUT2D eigenvalue weighted by Gasteiger charge is -2.05. The summed E-state index contributed by atoms with van der Waals surface area (Å²) in [5.74, 6) is -1.71. The zero-order chi connectivity index (χ0) is 22.5. The number of rotatable bonds is 13. The van der Waals surface area contributed by atoms with Gasteiger partial charge in [-0.15, -0.1) is 0 Å². The Kier molecular flexibility index (Phi) is 11.2. The number of unbranched alkanes of at least 4 members (excludes halogenated alkanes) is 3. The molecule has 0 radical (unpaired) electrons. The summed E-state index contributed by atoms with van der Waals surface area (Å²) in [5.41, 5.74) is 0.420. The van der Waals surface area contributed by atoms with Gasteiger partial charge in [0, 0.05) is 18.6 Å². The lowest BCUT2D eigenvalue weighted by atomic mass is 10.0. The van der Waals surface area contributed by atoms with E-state index in [-0.39, 0.29) is 11.3 Å². The van der Waals surface area contributed by atoms with Gasteiger partial charge in [0.1, 0.15) is 17.1 Å². The molecule has 6 heteroatoms. The van der Waals surface area contributed by atoms with Crippen LogP contribution in [0.25, 0.3) is 0 Å². The normalized spacial score (nSPS) is 12.5. The van der Waals surface area contributed by atoms with Gasteiger partial charge in [-0.25, -0.2) is 9.59 Å². The van der Waals surface area contributed by atoms with Gasteiger partial charge in [-0.05, 0) is 51.5 Å². The summed E-state index contributed by atoms with van der Waals surface area (Å²) in [5, 5.41) is 18.7. The molecule has 0 fully saturated rings. The van der Waals surface area contributed by atoms with E-state index in [1.165, 1.54) is 30.6 Å². The van der Waals surface area contributed by atoms with Crippen LogP contribution in [0.1, 0.15) is 81.8 Å². The molecule has 0 aromatic carbocycles. The first-order chi connectivity index (χ1) is 14.3. The highest BCUT2D eigenvalue weighted by Gasteiger charge is 2.20. The summed E-state index contributed by atoms with van der Waals surface area (Å²) >= 11 is 0. The standard InChI is InChI=1S/C24H32O6/c1-4-5-7-11-17(2)12-10-13-18(3)23(28)22-20(25)16-19(30-24(22)29)14-8-6-9-15-21(26)27/h9,12-13,15-16,25H,4-8,10-11,14H2,1-3H3,(H,26,27)/b15-9+,17-12-,18-13+. The molecule has 1 aromatic heterocycles. The fraction of sp³-hybridized carbons (Fsp3) is 0.458. The fourth-order valence-electron chi connectivity index (χ4n) is 2.92. The highest BCUT2D eigenvalue weighted by molar-refractivity contribution is 6.09. The van der Waals surface area contributed by atoms with E-state index in [4.69, 9.17) is 9.52 Å². The zero-order valence-corrected chi connectivity index (χ0v) is 18.1. The number of allylic oxidation sites excluding steroid dienone is 5. The number of carboxylic acids is 1. The molecule has 1 heterocycles. The van der Waals surface area contributed by atoms with Gasteiger partial charge in [-0.3, -0.25) is 4.79 Å². The second-order valence-corrected chi connectivity index (χ2v) is 7.35. The zero-order valence-electron chi connectivity index (χ0n) is 18.1. The van der Waals surface area contributed by atoms with E-state index in [0.717, 1.165) is 18.9 Å². The minimum Gasteiger partial charge on any atom is -0.507 e. The molecular formula is C24H32O6. The Morgan fingerprint density at radius 3 is 2.50 bits per heavy atom. The van der Waals surface area contributed by atoms with Crippen LogP contribution in [0.4, 0.5) is 0 Å². The Balaban J connectivity index is 2.76. The van der Waals surface area contributed by atoms with Gasteiger partial charge >= 0.3 is 11.6 Å². The van der Waals surface area contributed by atoms with E-state index in [2.05, 4.69) is 19.9 Å². The average molecular weight is 417 g/mol. The molecular weight excluding hydrogens is 384 g/mol. The Labute approximate surface area is 177 Å². The molecule has 2 N–H and O–H groups in total. The smallest absolute Gasteiger partial charge is 0.351 e. The maximum atomic E-state index is 12.6. The molecule has 6 nitrogen and oxygen atoms in total. The van der Waals surface area contributed by atoms with Crippen LogP contribution in [-0.2, 0) is 11.2 Å². The third kappa shape index (κ3) is 9.07. The van der Waals surface area contributed by atoms with Gasteiger partial charge in [0.2, 0.25) is 0 Å². The van der Waals surface area contributed by atoms with Crippen molar-refractivity contribution in [3.05, 3.63) is 63.3 Å². The number of carbonyl (C=O) groups excluding carboxylic acids is 1. The molecule has 164 valence electrons. The number of aryl methyl sites for hydroxylation is 1. The maximum Gasteiger partial charge on any atom is 0.351 e. The number of carbonyl (C=O) groups is 2. The number of aliphatic carboxylic acids is 1. The predicted octanol–water partition coefficient (Wildman–Crippen LogP) is 5.35. The Hall–Kier alpha value is -2.89. The van der Waals surface area contributed by atoms with Crippen LogP contribution in [0.15, 0.2) is 50.7 Å². The molecule has 1 rings (SSSR count). The third-order valence-corrected chi connectivity index (χ3v) is 4.69. The third-order valence-electron chi connectivity index (χ3n) is 4.69. The molecule has 0 saturated heterocycles. The number of hydrogen-bond acceptors (Lipinski definition) is 5. The first-order valence-corrected chi connectivity index (χ1v) is 10.4. The number of carboxylic acid groups (broad SMARTS) is 1. The van der Waals surface area contributed by atoms with Crippen LogP contribution in [0, 0.1) is 0 Å². The molecule has 1 aromatic rings. The van der Waals surface area contributed by atoms with Gasteiger partial charge in [-0.2, -0.15) is 0 Å². The summed E-state index contributed by atoms with van der Waals surface area (Å²) in [7, 11) is 0. The Morgan fingerprint density at radius 2 is 1.87 bits per heavy atom. The highest BCUT2D eigenvalue weighted by atomic mass is 16.4. The molecule has 0 aliphatic carbocycles. The van der Waals surface area contributed by atoms with Crippen LogP contribution in [0.2, 0.25) is 0 Å². The van der Waals surface area contributed by atoms with Crippen molar-refractivity contribution in [2.24, 2.45) is 0 Å². The Morgan fingerprint density at radius 1 is 1.13 bits per heavy atom. The monoisotopic (exact) mass is 416 g/mol. The van der Waals surface area contributed by atoms with E-state index < -0.39 is 23.1 Å². The number of Topliss-reactive ketones (excluding diaryl/α,β-unsaturated/α-hetero) is 1. The van der Waals surface area contributed by atoms with E-state index >= 15 is 0 Å². The van der Waals surface area contributed by atoms with Crippen molar-refractivity contribution in [3.8, 4) is 5.75 Å². The van der Waals surface area contributed by atoms with Gasteiger partial charge in [0.25, 0.3) is 0 Å². The minimum atomic E-state index is -1.02. The van der Waals surface area contributed by atoms with E-state index in [0.29, 0.717) is 31.3 Å².